The number of halogens is 4. The SMILES string of the molecule is O=C(Nc1ccc(S(=O)(=O)Nc2cccc(Cl)c2Cl)cc1)C1CCN(S(=O)(=O)Cc2c(F)cccc2Cl)CC1. The smallest absolute Gasteiger partial charge is 0.261 e. The van der Waals surface area contributed by atoms with Crippen molar-refractivity contribution in [2.24, 2.45) is 5.92 Å². The summed E-state index contributed by atoms with van der Waals surface area (Å²) in [6, 6.07) is 14.1. The van der Waals surface area contributed by atoms with Gasteiger partial charge in [-0.15, -0.1) is 0 Å². The van der Waals surface area contributed by atoms with Crippen LogP contribution in [0.25, 0.3) is 0 Å². The average Bonchev–Trinajstić information content (AvgIpc) is 2.89. The fraction of sp³-hybridized carbons (Fsp3) is 0.240. The highest BCUT2D eigenvalue weighted by Gasteiger charge is 2.32. The number of sulfonamides is 2. The Bertz CT molecular complexity index is 1580. The van der Waals surface area contributed by atoms with Crippen molar-refractivity contribution in [2.45, 2.75) is 23.5 Å². The molecule has 14 heteroatoms. The summed E-state index contributed by atoms with van der Waals surface area (Å²) in [4.78, 5) is 12.7. The molecule has 0 aromatic heterocycles. The molecule has 0 radical (unpaired) electrons. The number of benzene rings is 3. The number of carbonyl (C=O) groups excluding carboxylic acids is 1. The second-order valence-corrected chi connectivity index (χ2v) is 13.7. The van der Waals surface area contributed by atoms with Crippen LogP contribution in [0.1, 0.15) is 18.4 Å². The number of anilines is 2. The van der Waals surface area contributed by atoms with Crippen LogP contribution in [0.5, 0.6) is 0 Å². The van der Waals surface area contributed by atoms with E-state index in [4.69, 9.17) is 34.8 Å². The van der Waals surface area contributed by atoms with Crippen LogP contribution in [0, 0.1) is 11.7 Å². The summed E-state index contributed by atoms with van der Waals surface area (Å²) in [5, 5.41) is 3.05. The highest BCUT2D eigenvalue weighted by atomic mass is 35.5. The molecule has 1 aliphatic rings. The van der Waals surface area contributed by atoms with Gasteiger partial charge in [0.15, 0.2) is 0 Å². The Morgan fingerprint density at radius 2 is 1.51 bits per heavy atom. The summed E-state index contributed by atoms with van der Waals surface area (Å²) < 4.78 is 68.8. The van der Waals surface area contributed by atoms with Gasteiger partial charge in [0, 0.05) is 35.3 Å². The van der Waals surface area contributed by atoms with Crippen LogP contribution < -0.4 is 10.0 Å². The maximum absolute atomic E-state index is 14.1. The highest BCUT2D eigenvalue weighted by Crippen LogP contribution is 2.31. The average molecular weight is 635 g/mol. The van der Waals surface area contributed by atoms with Gasteiger partial charge >= 0.3 is 0 Å². The van der Waals surface area contributed by atoms with Gasteiger partial charge in [-0.2, -0.15) is 0 Å². The fourth-order valence-electron chi connectivity index (χ4n) is 4.09. The second-order valence-electron chi connectivity index (χ2n) is 8.85. The Morgan fingerprint density at radius 1 is 0.897 bits per heavy atom. The van der Waals surface area contributed by atoms with Crippen LogP contribution in [0.15, 0.2) is 65.6 Å². The maximum atomic E-state index is 14.1. The van der Waals surface area contributed by atoms with E-state index in [9.17, 15) is 26.0 Å². The molecule has 1 amide bonds. The van der Waals surface area contributed by atoms with Gasteiger partial charge in [-0.25, -0.2) is 25.5 Å². The zero-order valence-electron chi connectivity index (χ0n) is 20.2. The van der Waals surface area contributed by atoms with Crippen LogP contribution in [0.4, 0.5) is 15.8 Å². The lowest BCUT2D eigenvalue weighted by molar-refractivity contribution is -0.120. The van der Waals surface area contributed by atoms with Gasteiger partial charge in [0.1, 0.15) is 5.82 Å². The van der Waals surface area contributed by atoms with Gasteiger partial charge < -0.3 is 5.32 Å². The predicted octanol–water partition coefficient (Wildman–Crippen LogP) is 5.77. The van der Waals surface area contributed by atoms with Crippen molar-refractivity contribution in [3.05, 3.63) is 87.1 Å². The summed E-state index contributed by atoms with van der Waals surface area (Å²) in [5.74, 6) is -2.03. The van der Waals surface area contributed by atoms with Gasteiger partial charge in [0.25, 0.3) is 10.0 Å². The number of hydrogen-bond acceptors (Lipinski definition) is 5. The number of nitrogens with one attached hydrogen (secondary N) is 2. The van der Waals surface area contributed by atoms with Gasteiger partial charge in [0.2, 0.25) is 15.9 Å². The first kappa shape index (κ1) is 29.6. The fourth-order valence-corrected chi connectivity index (χ4v) is 7.48. The zero-order valence-corrected chi connectivity index (χ0v) is 24.1. The van der Waals surface area contributed by atoms with Crippen LogP contribution in [0.2, 0.25) is 15.1 Å². The largest absolute Gasteiger partial charge is 0.326 e. The Balaban J connectivity index is 1.34. The van der Waals surface area contributed by atoms with E-state index >= 15 is 0 Å². The Hall–Kier alpha value is -2.41. The molecular weight excluding hydrogens is 612 g/mol. The molecule has 0 unspecified atom stereocenters. The van der Waals surface area contributed by atoms with Crippen molar-refractivity contribution >= 4 is 72.1 Å². The molecule has 1 heterocycles. The van der Waals surface area contributed by atoms with E-state index in [-0.39, 0.29) is 63.1 Å². The number of carbonyl (C=O) groups is 1. The molecule has 3 aromatic carbocycles. The van der Waals surface area contributed by atoms with E-state index < -0.39 is 37.5 Å². The van der Waals surface area contributed by atoms with Gasteiger partial charge in [-0.1, -0.05) is 46.9 Å². The van der Waals surface area contributed by atoms with E-state index in [1.807, 2.05) is 0 Å². The third-order valence-corrected chi connectivity index (χ3v) is 10.6. The van der Waals surface area contributed by atoms with E-state index in [1.54, 1.807) is 6.07 Å². The number of rotatable bonds is 8. The number of nitrogens with zero attached hydrogens (tertiary/aromatic N) is 1. The van der Waals surface area contributed by atoms with E-state index in [2.05, 4.69) is 10.0 Å². The monoisotopic (exact) mass is 633 g/mol. The molecule has 208 valence electrons. The molecule has 0 spiro atoms. The molecule has 8 nitrogen and oxygen atoms in total. The lowest BCUT2D eigenvalue weighted by Gasteiger charge is -2.30. The van der Waals surface area contributed by atoms with Gasteiger partial charge in [-0.3, -0.25) is 9.52 Å². The standard InChI is InChI=1S/C25H23Cl3FN3O5S2/c26-20-3-1-5-22(29)19(20)15-38(34,35)32-13-11-16(12-14-32)25(33)30-17-7-9-18(10-8-17)39(36,37)31-23-6-2-4-21(27)24(23)28/h1-10,16,31H,11-15H2,(H,30,33). The molecular formula is C25H23Cl3FN3O5S2. The summed E-state index contributed by atoms with van der Waals surface area (Å²) >= 11 is 18.0. The van der Waals surface area contributed by atoms with Crippen LogP contribution in [-0.4, -0.2) is 40.1 Å². The molecule has 4 rings (SSSR count). The Kier molecular flexibility index (Phi) is 9.09. The summed E-state index contributed by atoms with van der Waals surface area (Å²) in [7, 11) is -7.80. The molecule has 0 atom stereocenters. The van der Waals surface area contributed by atoms with Crippen molar-refractivity contribution in [1.82, 2.24) is 4.31 Å². The van der Waals surface area contributed by atoms with Crippen molar-refractivity contribution < 1.29 is 26.0 Å². The minimum Gasteiger partial charge on any atom is -0.326 e. The van der Waals surface area contributed by atoms with Crippen molar-refractivity contribution in [3.8, 4) is 0 Å². The highest BCUT2D eigenvalue weighted by molar-refractivity contribution is 7.92. The van der Waals surface area contributed by atoms with E-state index in [0.29, 0.717) is 5.69 Å². The van der Waals surface area contributed by atoms with Crippen LogP contribution >= 0.6 is 34.8 Å². The van der Waals surface area contributed by atoms with E-state index in [0.717, 1.165) is 6.07 Å². The third kappa shape index (κ3) is 7.03. The van der Waals surface area contributed by atoms with Crippen molar-refractivity contribution in [2.75, 3.05) is 23.1 Å². The predicted molar refractivity (Wildman–Crippen MR) is 151 cm³/mol. The van der Waals surface area contributed by atoms with E-state index in [1.165, 1.54) is 52.8 Å². The number of hydrogen-bond donors (Lipinski definition) is 2. The Labute approximate surface area is 241 Å². The summed E-state index contributed by atoms with van der Waals surface area (Å²) in [6.45, 7) is 0.197. The molecule has 1 aliphatic heterocycles. The minimum atomic E-state index is -3.97. The first-order chi connectivity index (χ1) is 18.4. The first-order valence-corrected chi connectivity index (χ1v) is 15.9. The molecule has 0 bridgehead atoms. The van der Waals surface area contributed by atoms with Crippen molar-refractivity contribution in [1.29, 1.82) is 0 Å². The molecule has 2 N–H and O–H groups in total. The van der Waals surface area contributed by atoms with Gasteiger partial charge in [0.05, 0.1) is 26.4 Å². The van der Waals surface area contributed by atoms with Crippen molar-refractivity contribution in [3.63, 3.8) is 0 Å². The molecule has 1 fully saturated rings. The summed E-state index contributed by atoms with van der Waals surface area (Å²) in [5.41, 5.74) is 0.422. The third-order valence-electron chi connectivity index (χ3n) is 6.23. The topological polar surface area (TPSA) is 113 Å². The second kappa shape index (κ2) is 12.0. The number of amides is 1. The van der Waals surface area contributed by atoms with Gasteiger partial charge in [-0.05, 0) is 61.4 Å². The van der Waals surface area contributed by atoms with Crippen LogP contribution in [-0.2, 0) is 30.6 Å². The Morgan fingerprint density at radius 3 is 2.15 bits per heavy atom. The molecule has 0 aliphatic carbocycles. The van der Waals surface area contributed by atoms with Crippen LogP contribution in [0.3, 0.4) is 0 Å². The number of piperidine rings is 1. The molecule has 0 saturated carbocycles. The lowest BCUT2D eigenvalue weighted by Crippen LogP contribution is -2.42. The molecule has 39 heavy (non-hydrogen) atoms. The normalized spacial score (nSPS) is 15.2. The first-order valence-electron chi connectivity index (χ1n) is 11.7. The molecule has 1 saturated heterocycles. The molecule has 3 aromatic rings. The zero-order chi connectivity index (χ0) is 28.4. The summed E-state index contributed by atoms with van der Waals surface area (Å²) in [6.07, 6.45) is 0.541. The minimum absolute atomic E-state index is 0.0377. The quantitative estimate of drug-likeness (QED) is 0.327. The maximum Gasteiger partial charge on any atom is 0.261 e. The lowest BCUT2D eigenvalue weighted by atomic mass is 9.97.